The van der Waals surface area contributed by atoms with Crippen molar-refractivity contribution in [1.82, 2.24) is 10.3 Å². The number of rotatable bonds is 5. The Labute approximate surface area is 172 Å². The highest BCUT2D eigenvalue weighted by molar-refractivity contribution is 7.14. The largest absolute Gasteiger partial charge is 0.383 e. The molecule has 4 aromatic rings. The number of thiophene rings is 1. The average molecular weight is 408 g/mol. The van der Waals surface area contributed by atoms with E-state index in [1.807, 2.05) is 42.5 Å². The van der Waals surface area contributed by atoms with E-state index in [1.165, 1.54) is 16.9 Å². The molecule has 0 saturated carbocycles. The molecule has 2 heterocycles. The van der Waals surface area contributed by atoms with E-state index < -0.39 is 0 Å². The second kappa shape index (κ2) is 8.00. The molecule has 0 spiro atoms. The zero-order chi connectivity index (χ0) is 19.5. The maximum absolute atomic E-state index is 12.6. The van der Waals surface area contributed by atoms with Crippen molar-refractivity contribution in [2.75, 3.05) is 5.73 Å². The first-order chi connectivity index (χ1) is 13.6. The summed E-state index contributed by atoms with van der Waals surface area (Å²) in [6.45, 7) is 0.431. The molecule has 0 fully saturated rings. The van der Waals surface area contributed by atoms with Crippen molar-refractivity contribution in [3.05, 3.63) is 92.8 Å². The number of aromatic nitrogens is 1. The summed E-state index contributed by atoms with van der Waals surface area (Å²) in [6, 6.07) is 19.6. The quantitative estimate of drug-likeness (QED) is 0.486. The number of benzene rings is 2. The minimum absolute atomic E-state index is 0.124. The molecular weight excluding hydrogens is 390 g/mol. The van der Waals surface area contributed by atoms with Crippen LogP contribution in [0.2, 0.25) is 5.02 Å². The molecule has 0 unspecified atom stereocenters. The lowest BCUT2D eigenvalue weighted by Gasteiger charge is -2.06. The van der Waals surface area contributed by atoms with Crippen LogP contribution in [-0.4, -0.2) is 10.9 Å². The molecular formula is C22H18ClN3OS. The summed E-state index contributed by atoms with van der Waals surface area (Å²) in [5, 5.41) is 5.51. The van der Waals surface area contributed by atoms with E-state index >= 15 is 0 Å². The minimum Gasteiger partial charge on any atom is -0.383 e. The van der Waals surface area contributed by atoms with Crippen LogP contribution in [0.25, 0.3) is 10.8 Å². The molecule has 0 atom stereocenters. The van der Waals surface area contributed by atoms with Crippen molar-refractivity contribution in [2.24, 2.45) is 0 Å². The van der Waals surface area contributed by atoms with Crippen molar-refractivity contribution >= 4 is 45.4 Å². The highest BCUT2D eigenvalue weighted by atomic mass is 35.5. The highest BCUT2D eigenvalue weighted by Crippen LogP contribution is 2.29. The Bertz CT molecular complexity index is 1140. The van der Waals surface area contributed by atoms with Gasteiger partial charge in [0.15, 0.2) is 0 Å². The molecule has 0 bridgehead atoms. The molecule has 4 rings (SSSR count). The zero-order valence-electron chi connectivity index (χ0n) is 15.0. The van der Waals surface area contributed by atoms with Crippen LogP contribution in [-0.2, 0) is 13.0 Å². The fraction of sp³-hybridized carbons (Fsp3) is 0.0909. The lowest BCUT2D eigenvalue weighted by Crippen LogP contribution is -2.21. The second-order valence-electron chi connectivity index (χ2n) is 6.48. The number of nitrogens with one attached hydrogen (secondary N) is 1. The fourth-order valence-corrected chi connectivity index (χ4v) is 4.41. The number of nitrogens with zero attached hydrogens (tertiary/aromatic N) is 1. The van der Waals surface area contributed by atoms with Crippen LogP contribution < -0.4 is 11.1 Å². The number of carbonyl (C=O) groups is 1. The Kier molecular flexibility index (Phi) is 5.28. The van der Waals surface area contributed by atoms with Crippen LogP contribution in [0.5, 0.6) is 0 Å². The van der Waals surface area contributed by atoms with Gasteiger partial charge in [-0.15, -0.1) is 11.3 Å². The molecule has 28 heavy (non-hydrogen) atoms. The molecule has 4 nitrogen and oxygen atoms in total. The predicted molar refractivity (Wildman–Crippen MR) is 116 cm³/mol. The summed E-state index contributed by atoms with van der Waals surface area (Å²) in [6.07, 6.45) is 2.40. The lowest BCUT2D eigenvalue weighted by atomic mass is 10.1. The average Bonchev–Trinajstić information content (AvgIpc) is 3.07. The first kappa shape index (κ1) is 18.5. The molecule has 0 radical (unpaired) electrons. The van der Waals surface area contributed by atoms with Gasteiger partial charge >= 0.3 is 0 Å². The van der Waals surface area contributed by atoms with Gasteiger partial charge in [0.2, 0.25) is 0 Å². The van der Waals surface area contributed by atoms with Gasteiger partial charge in [0.1, 0.15) is 5.82 Å². The maximum Gasteiger partial charge on any atom is 0.261 e. The Balaban J connectivity index is 1.45. The Morgan fingerprint density at radius 2 is 1.89 bits per heavy atom. The van der Waals surface area contributed by atoms with Crippen molar-refractivity contribution in [2.45, 2.75) is 13.0 Å². The van der Waals surface area contributed by atoms with E-state index in [2.05, 4.69) is 22.4 Å². The molecule has 3 N–H and O–H groups in total. The molecule has 2 aromatic carbocycles. The van der Waals surface area contributed by atoms with E-state index in [1.54, 1.807) is 12.3 Å². The molecule has 2 aromatic heterocycles. The maximum atomic E-state index is 12.6. The number of fused-ring (bicyclic) bond motifs is 1. The summed E-state index contributed by atoms with van der Waals surface area (Å²) in [5.41, 5.74) is 8.05. The van der Waals surface area contributed by atoms with Gasteiger partial charge in [-0.2, -0.15) is 0 Å². The monoisotopic (exact) mass is 407 g/mol. The van der Waals surface area contributed by atoms with Crippen LogP contribution in [0.4, 0.5) is 5.82 Å². The van der Waals surface area contributed by atoms with Crippen LogP contribution in [0.15, 0.2) is 66.9 Å². The van der Waals surface area contributed by atoms with Crippen molar-refractivity contribution in [1.29, 1.82) is 0 Å². The van der Waals surface area contributed by atoms with E-state index in [4.69, 9.17) is 17.3 Å². The lowest BCUT2D eigenvalue weighted by molar-refractivity contribution is 0.0955. The number of amides is 1. The Morgan fingerprint density at radius 3 is 2.71 bits per heavy atom. The minimum atomic E-state index is -0.124. The predicted octanol–water partition coefficient (Wildman–Crippen LogP) is 5.05. The molecule has 0 aliphatic rings. The van der Waals surface area contributed by atoms with E-state index in [0.717, 1.165) is 27.6 Å². The molecule has 0 aliphatic heterocycles. The normalized spacial score (nSPS) is 10.9. The zero-order valence-corrected chi connectivity index (χ0v) is 16.6. The summed E-state index contributed by atoms with van der Waals surface area (Å²) in [5.74, 6) is 0.382. The third-order valence-corrected chi connectivity index (χ3v) is 6.08. The van der Waals surface area contributed by atoms with Gasteiger partial charge in [-0.3, -0.25) is 4.79 Å². The first-order valence-electron chi connectivity index (χ1n) is 8.83. The third kappa shape index (κ3) is 4.01. The number of pyridine rings is 1. The molecule has 0 saturated heterocycles. The number of nitrogens with two attached hydrogens (primary N) is 1. The van der Waals surface area contributed by atoms with Gasteiger partial charge < -0.3 is 11.1 Å². The summed E-state index contributed by atoms with van der Waals surface area (Å²) in [4.78, 5) is 18.3. The van der Waals surface area contributed by atoms with E-state index in [0.29, 0.717) is 22.3 Å². The summed E-state index contributed by atoms with van der Waals surface area (Å²) < 4.78 is 0. The van der Waals surface area contributed by atoms with Crippen molar-refractivity contribution in [3.63, 3.8) is 0 Å². The van der Waals surface area contributed by atoms with Gasteiger partial charge in [-0.05, 0) is 34.7 Å². The van der Waals surface area contributed by atoms with Crippen LogP contribution in [0.3, 0.4) is 0 Å². The van der Waals surface area contributed by atoms with Gasteiger partial charge in [0.05, 0.1) is 9.90 Å². The van der Waals surface area contributed by atoms with Crippen LogP contribution in [0, 0.1) is 0 Å². The molecule has 6 heteroatoms. The van der Waals surface area contributed by atoms with Crippen LogP contribution >= 0.6 is 22.9 Å². The van der Waals surface area contributed by atoms with Gasteiger partial charge in [-0.25, -0.2) is 4.98 Å². The van der Waals surface area contributed by atoms with Gasteiger partial charge in [0, 0.05) is 29.4 Å². The van der Waals surface area contributed by atoms with Crippen molar-refractivity contribution in [3.8, 4) is 0 Å². The Morgan fingerprint density at radius 1 is 1.07 bits per heavy atom. The van der Waals surface area contributed by atoms with E-state index in [-0.39, 0.29) is 5.91 Å². The standard InChI is InChI=1S/C22H18ClN3OS/c23-18-12-20(28-19(18)11-14-4-2-1-3-5-14)22(27)26-13-15-6-7-17-16(10-15)8-9-25-21(17)24/h1-10,12H,11,13H2,(H2,24,25)(H,26,27). The third-order valence-electron chi connectivity index (χ3n) is 4.50. The number of halogens is 1. The second-order valence-corrected chi connectivity index (χ2v) is 8.02. The fourth-order valence-electron chi connectivity index (χ4n) is 3.05. The number of hydrogen-bond acceptors (Lipinski definition) is 4. The van der Waals surface area contributed by atoms with Crippen molar-refractivity contribution < 1.29 is 4.79 Å². The van der Waals surface area contributed by atoms with Gasteiger partial charge in [0.25, 0.3) is 5.91 Å². The topological polar surface area (TPSA) is 68.0 Å². The molecule has 1 amide bonds. The van der Waals surface area contributed by atoms with Crippen LogP contribution in [0.1, 0.15) is 25.7 Å². The molecule has 0 aliphatic carbocycles. The smallest absolute Gasteiger partial charge is 0.261 e. The number of anilines is 1. The van der Waals surface area contributed by atoms with E-state index in [9.17, 15) is 4.79 Å². The molecule has 140 valence electrons. The number of carbonyl (C=O) groups excluding carboxylic acids is 1. The SMILES string of the molecule is Nc1nccc2cc(CNC(=O)c3cc(Cl)c(Cc4ccccc4)s3)ccc12. The van der Waals surface area contributed by atoms with Gasteiger partial charge in [-0.1, -0.05) is 54.1 Å². The summed E-state index contributed by atoms with van der Waals surface area (Å²) in [7, 11) is 0. The Hall–Kier alpha value is -2.89. The summed E-state index contributed by atoms with van der Waals surface area (Å²) >= 11 is 7.78. The number of nitrogen functional groups attached to an aromatic ring is 1. The number of hydrogen-bond donors (Lipinski definition) is 2. The first-order valence-corrected chi connectivity index (χ1v) is 10.0. The highest BCUT2D eigenvalue weighted by Gasteiger charge is 2.14.